The number of hydrogen-bond acceptors (Lipinski definition) is 3. The van der Waals surface area contributed by atoms with E-state index in [1.54, 1.807) is 11.9 Å². The molecule has 0 bridgehead atoms. The fraction of sp³-hybridized carbons (Fsp3) is 0.917. The predicted molar refractivity (Wildman–Crippen MR) is 73.4 cm³/mol. The number of hydrogen-bond donors (Lipinski definition) is 1. The lowest BCUT2D eigenvalue weighted by Gasteiger charge is -2.21. The van der Waals surface area contributed by atoms with Crippen molar-refractivity contribution in [2.75, 3.05) is 26.8 Å². The van der Waals surface area contributed by atoms with Crippen molar-refractivity contribution in [3.63, 3.8) is 0 Å². The van der Waals surface area contributed by atoms with Gasteiger partial charge in [0.05, 0.1) is 0 Å². The topological polar surface area (TPSA) is 55.6 Å². The molecular weight excluding hydrogens is 240 g/mol. The van der Waals surface area contributed by atoms with Crippen LogP contribution in [0.1, 0.15) is 33.6 Å². The molecule has 0 aromatic heterocycles. The van der Waals surface area contributed by atoms with Crippen LogP contribution in [0.4, 0.5) is 0 Å². The zero-order chi connectivity index (χ0) is 12.6. The monoisotopic (exact) mass is 266 g/mol. The van der Waals surface area contributed by atoms with Crippen LogP contribution in [-0.2, 0) is 9.53 Å². The molecule has 4 nitrogen and oxygen atoms in total. The van der Waals surface area contributed by atoms with E-state index in [1.807, 2.05) is 6.92 Å². The summed E-state index contributed by atoms with van der Waals surface area (Å²) >= 11 is 0. The second kappa shape index (κ2) is 10.8. The normalized spacial score (nSPS) is 12.1. The molecule has 17 heavy (non-hydrogen) atoms. The molecule has 1 atom stereocenters. The molecule has 0 aromatic carbocycles. The van der Waals surface area contributed by atoms with Gasteiger partial charge in [0.2, 0.25) is 5.91 Å². The highest BCUT2D eigenvalue weighted by Crippen LogP contribution is 2.03. The van der Waals surface area contributed by atoms with E-state index in [0.717, 1.165) is 12.8 Å². The van der Waals surface area contributed by atoms with Crippen LogP contribution in [0.5, 0.6) is 0 Å². The molecule has 0 aliphatic rings. The minimum Gasteiger partial charge on any atom is -0.372 e. The van der Waals surface area contributed by atoms with Crippen LogP contribution in [0.2, 0.25) is 0 Å². The molecule has 2 N–H and O–H groups in total. The molecule has 1 amide bonds. The van der Waals surface area contributed by atoms with Crippen molar-refractivity contribution in [3.8, 4) is 0 Å². The molecule has 0 aromatic rings. The summed E-state index contributed by atoms with van der Waals surface area (Å²) in [4.78, 5) is 13.3. The zero-order valence-corrected chi connectivity index (χ0v) is 12.3. The average molecular weight is 267 g/mol. The molecule has 0 radical (unpaired) electrons. The summed E-state index contributed by atoms with van der Waals surface area (Å²) in [5, 5.41) is 0. The molecule has 0 spiro atoms. The van der Waals surface area contributed by atoms with E-state index >= 15 is 0 Å². The highest BCUT2D eigenvalue weighted by Gasteiger charge is 2.12. The van der Waals surface area contributed by atoms with E-state index in [4.69, 9.17) is 10.5 Å². The van der Waals surface area contributed by atoms with E-state index < -0.39 is 0 Å². The smallest absolute Gasteiger partial charge is 0.248 e. The summed E-state index contributed by atoms with van der Waals surface area (Å²) in [5.74, 6) is 0.490. The van der Waals surface area contributed by atoms with E-state index in [2.05, 4.69) is 13.8 Å². The molecule has 0 saturated heterocycles. The molecule has 5 heteroatoms. The van der Waals surface area contributed by atoms with Gasteiger partial charge in [-0.2, -0.15) is 0 Å². The fourth-order valence-corrected chi connectivity index (χ4v) is 1.21. The van der Waals surface area contributed by atoms with Crippen LogP contribution in [0.25, 0.3) is 0 Å². The van der Waals surface area contributed by atoms with Gasteiger partial charge < -0.3 is 15.4 Å². The number of carbonyl (C=O) groups is 1. The Bertz CT molecular complexity index is 201. The van der Waals surface area contributed by atoms with Crippen LogP contribution in [0.3, 0.4) is 0 Å². The van der Waals surface area contributed by atoms with Gasteiger partial charge in [-0.25, -0.2) is 0 Å². The first kappa shape index (κ1) is 19.0. The standard InChI is InChI=1S/C12H26N2O2.ClH/c1-5-8-16-9-12(15)14(4)7-6-11(13)10(2)3;/h10-11H,5-9,13H2,1-4H3;1H. The predicted octanol–water partition coefficient (Wildman–Crippen LogP) is 1.67. The van der Waals surface area contributed by atoms with Crippen molar-refractivity contribution in [1.29, 1.82) is 0 Å². The molecular formula is C12H27ClN2O2. The quantitative estimate of drug-likeness (QED) is 0.680. The van der Waals surface area contributed by atoms with E-state index in [0.29, 0.717) is 19.1 Å². The number of carbonyl (C=O) groups excluding carboxylic acids is 1. The van der Waals surface area contributed by atoms with Gasteiger partial charge in [-0.3, -0.25) is 4.79 Å². The molecule has 104 valence electrons. The number of nitrogens with two attached hydrogens (primary N) is 1. The summed E-state index contributed by atoms with van der Waals surface area (Å²) in [6.45, 7) is 7.74. The van der Waals surface area contributed by atoms with Crippen LogP contribution in [0.15, 0.2) is 0 Å². The molecule has 1 unspecified atom stereocenters. The summed E-state index contributed by atoms with van der Waals surface area (Å²) in [7, 11) is 1.80. The second-order valence-electron chi connectivity index (χ2n) is 4.56. The van der Waals surface area contributed by atoms with E-state index in [9.17, 15) is 4.79 Å². The van der Waals surface area contributed by atoms with Gasteiger partial charge in [0.1, 0.15) is 6.61 Å². The molecule has 0 fully saturated rings. The van der Waals surface area contributed by atoms with Crippen molar-refractivity contribution in [3.05, 3.63) is 0 Å². The minimum absolute atomic E-state index is 0. The lowest BCUT2D eigenvalue weighted by Crippen LogP contribution is -2.36. The van der Waals surface area contributed by atoms with Crippen LogP contribution >= 0.6 is 12.4 Å². The summed E-state index contributed by atoms with van der Waals surface area (Å²) in [6, 6.07) is 0.159. The third-order valence-electron chi connectivity index (χ3n) is 2.65. The highest BCUT2D eigenvalue weighted by atomic mass is 35.5. The first-order valence-corrected chi connectivity index (χ1v) is 6.06. The Kier molecular flexibility index (Phi) is 12.1. The van der Waals surface area contributed by atoms with Crippen molar-refractivity contribution in [2.24, 2.45) is 11.7 Å². The lowest BCUT2D eigenvalue weighted by molar-refractivity contribution is -0.134. The van der Waals surface area contributed by atoms with Gasteiger partial charge in [0.25, 0.3) is 0 Å². The lowest BCUT2D eigenvalue weighted by atomic mass is 10.0. The number of rotatable bonds is 8. The van der Waals surface area contributed by atoms with E-state index in [1.165, 1.54) is 0 Å². The summed E-state index contributed by atoms with van der Waals surface area (Å²) < 4.78 is 5.20. The van der Waals surface area contributed by atoms with Gasteiger partial charge in [0, 0.05) is 26.2 Å². The largest absolute Gasteiger partial charge is 0.372 e. The van der Waals surface area contributed by atoms with Crippen molar-refractivity contribution in [2.45, 2.75) is 39.7 Å². The minimum atomic E-state index is 0. The Labute approximate surface area is 111 Å². The number of likely N-dealkylation sites (N-methyl/N-ethyl adjacent to an activating group) is 1. The fourth-order valence-electron chi connectivity index (χ4n) is 1.21. The number of amides is 1. The molecule has 0 aliphatic carbocycles. The Balaban J connectivity index is 0. The molecule has 0 heterocycles. The maximum atomic E-state index is 11.6. The summed E-state index contributed by atoms with van der Waals surface area (Å²) in [5.41, 5.74) is 5.92. The van der Waals surface area contributed by atoms with Crippen molar-refractivity contribution < 1.29 is 9.53 Å². The Hall–Kier alpha value is -0.320. The van der Waals surface area contributed by atoms with Gasteiger partial charge in [-0.05, 0) is 18.8 Å². The third kappa shape index (κ3) is 9.39. The molecule has 0 aliphatic heterocycles. The zero-order valence-electron chi connectivity index (χ0n) is 11.4. The second-order valence-corrected chi connectivity index (χ2v) is 4.56. The molecule has 0 saturated carbocycles. The van der Waals surface area contributed by atoms with Gasteiger partial charge in [0.15, 0.2) is 0 Å². The summed E-state index contributed by atoms with van der Waals surface area (Å²) in [6.07, 6.45) is 1.78. The van der Waals surface area contributed by atoms with Crippen LogP contribution in [0, 0.1) is 5.92 Å². The first-order chi connectivity index (χ1) is 7.49. The van der Waals surface area contributed by atoms with E-state index in [-0.39, 0.29) is 31.0 Å². The van der Waals surface area contributed by atoms with Gasteiger partial charge >= 0.3 is 0 Å². The number of halogens is 1. The average Bonchev–Trinajstić information content (AvgIpc) is 2.25. The van der Waals surface area contributed by atoms with Crippen LogP contribution < -0.4 is 5.73 Å². The van der Waals surface area contributed by atoms with Crippen molar-refractivity contribution >= 4 is 18.3 Å². The van der Waals surface area contributed by atoms with Crippen molar-refractivity contribution in [1.82, 2.24) is 4.90 Å². The maximum Gasteiger partial charge on any atom is 0.248 e. The Morgan fingerprint density at radius 3 is 2.47 bits per heavy atom. The Morgan fingerprint density at radius 1 is 1.41 bits per heavy atom. The number of ether oxygens (including phenoxy) is 1. The van der Waals surface area contributed by atoms with Gasteiger partial charge in [-0.15, -0.1) is 12.4 Å². The Morgan fingerprint density at radius 2 is 2.00 bits per heavy atom. The third-order valence-corrected chi connectivity index (χ3v) is 2.65. The highest BCUT2D eigenvalue weighted by molar-refractivity contribution is 5.85. The molecule has 0 rings (SSSR count). The van der Waals surface area contributed by atoms with Crippen LogP contribution in [-0.4, -0.2) is 43.7 Å². The van der Waals surface area contributed by atoms with Gasteiger partial charge in [-0.1, -0.05) is 20.8 Å². The SMILES string of the molecule is CCCOCC(=O)N(C)CCC(N)C(C)C.Cl. The number of nitrogens with zero attached hydrogens (tertiary/aromatic N) is 1. The first-order valence-electron chi connectivity index (χ1n) is 6.06. The maximum absolute atomic E-state index is 11.6.